The molecule has 0 saturated carbocycles. The number of nitrogen functional groups attached to an aromatic ring is 1. The summed E-state index contributed by atoms with van der Waals surface area (Å²) in [5.74, 6) is 1.03. The van der Waals surface area contributed by atoms with Crippen molar-refractivity contribution in [1.29, 1.82) is 0 Å². The van der Waals surface area contributed by atoms with Crippen molar-refractivity contribution in [2.24, 2.45) is 0 Å². The van der Waals surface area contributed by atoms with Crippen molar-refractivity contribution in [2.75, 3.05) is 12.3 Å². The highest BCUT2D eigenvalue weighted by Crippen LogP contribution is 2.23. The van der Waals surface area contributed by atoms with E-state index in [0.717, 1.165) is 0 Å². The summed E-state index contributed by atoms with van der Waals surface area (Å²) < 4.78 is 0. The molecule has 0 atom stereocenters. The van der Waals surface area contributed by atoms with Crippen LogP contribution in [0.3, 0.4) is 0 Å². The number of aromatic nitrogens is 4. The molecule has 6 heteroatoms. The molecule has 0 radical (unpaired) electrons. The molecule has 2 rings (SSSR count). The fourth-order valence-corrected chi connectivity index (χ4v) is 1.24. The third-order valence-corrected chi connectivity index (χ3v) is 2.35. The molecule has 15 heavy (non-hydrogen) atoms. The highest BCUT2D eigenvalue weighted by Gasteiger charge is 2.24. The zero-order valence-electron chi connectivity index (χ0n) is 8.65. The number of anilines is 1. The largest absolute Gasteiger partial charge is 0.395 e. The van der Waals surface area contributed by atoms with Crippen LogP contribution in [0.2, 0.25) is 0 Å². The van der Waals surface area contributed by atoms with Gasteiger partial charge in [-0.25, -0.2) is 15.0 Å². The second-order valence-electron chi connectivity index (χ2n) is 4.08. The maximum Gasteiger partial charge on any atom is 0.183 e. The van der Waals surface area contributed by atoms with Crippen LogP contribution in [0.5, 0.6) is 0 Å². The van der Waals surface area contributed by atoms with Gasteiger partial charge in [-0.15, -0.1) is 0 Å². The molecule has 4 N–H and O–H groups in total. The maximum atomic E-state index is 9.21. The topological polar surface area (TPSA) is 101 Å². The molecule has 0 saturated heterocycles. The molecule has 2 heterocycles. The third kappa shape index (κ3) is 1.52. The Morgan fingerprint density at radius 1 is 1.47 bits per heavy atom. The van der Waals surface area contributed by atoms with E-state index in [0.29, 0.717) is 22.8 Å². The Kier molecular flexibility index (Phi) is 2.08. The molecule has 0 fully saturated rings. The molecular formula is C9H13N5O. The number of aliphatic hydroxyl groups is 1. The number of rotatable bonds is 2. The highest BCUT2D eigenvalue weighted by molar-refractivity contribution is 5.81. The summed E-state index contributed by atoms with van der Waals surface area (Å²) in [6.07, 6.45) is 1.37. The van der Waals surface area contributed by atoms with Crippen molar-refractivity contribution >= 4 is 17.0 Å². The third-order valence-electron chi connectivity index (χ3n) is 2.35. The van der Waals surface area contributed by atoms with Crippen LogP contribution in [-0.4, -0.2) is 31.6 Å². The molecule has 80 valence electrons. The summed E-state index contributed by atoms with van der Waals surface area (Å²) >= 11 is 0. The van der Waals surface area contributed by atoms with Crippen LogP contribution in [0.1, 0.15) is 19.7 Å². The number of H-pyrrole nitrogens is 1. The molecule has 0 amide bonds. The lowest BCUT2D eigenvalue weighted by molar-refractivity contribution is 0.212. The molecule has 0 aliphatic heterocycles. The van der Waals surface area contributed by atoms with E-state index in [2.05, 4.69) is 19.9 Å². The van der Waals surface area contributed by atoms with Crippen molar-refractivity contribution in [2.45, 2.75) is 19.3 Å². The standard InChI is InChI=1S/C9H13N5O/c1-9(2,3-15)8-13-5-6(10)11-4-12-7(5)14-8/h4,15H,3H2,1-2H3,(H3,10,11,12,13,14). The monoisotopic (exact) mass is 207 g/mol. The van der Waals surface area contributed by atoms with Crippen molar-refractivity contribution in [3.05, 3.63) is 12.2 Å². The average Bonchev–Trinajstić information content (AvgIpc) is 2.64. The van der Waals surface area contributed by atoms with E-state index < -0.39 is 5.41 Å². The van der Waals surface area contributed by atoms with E-state index in [1.807, 2.05) is 13.8 Å². The van der Waals surface area contributed by atoms with Gasteiger partial charge < -0.3 is 15.8 Å². The molecule has 0 spiro atoms. The van der Waals surface area contributed by atoms with Crippen LogP contribution >= 0.6 is 0 Å². The number of hydrogen-bond acceptors (Lipinski definition) is 5. The number of aromatic amines is 1. The Bertz CT molecular complexity index is 490. The van der Waals surface area contributed by atoms with Gasteiger partial charge in [0.25, 0.3) is 0 Å². The van der Waals surface area contributed by atoms with Gasteiger partial charge in [0.05, 0.1) is 6.61 Å². The number of aliphatic hydroxyl groups excluding tert-OH is 1. The summed E-state index contributed by atoms with van der Waals surface area (Å²) in [4.78, 5) is 15.2. The van der Waals surface area contributed by atoms with Gasteiger partial charge in [-0.1, -0.05) is 13.8 Å². The van der Waals surface area contributed by atoms with E-state index in [1.54, 1.807) is 0 Å². The van der Waals surface area contributed by atoms with E-state index in [4.69, 9.17) is 5.73 Å². The predicted octanol–water partition coefficient (Wildman–Crippen LogP) is 0.205. The SMILES string of the molecule is CC(C)(CO)c1nc2ncnc(N)c2[nH]1. The molecule has 0 bridgehead atoms. The van der Waals surface area contributed by atoms with Gasteiger partial charge in [0.2, 0.25) is 0 Å². The van der Waals surface area contributed by atoms with Crippen molar-refractivity contribution < 1.29 is 5.11 Å². The zero-order chi connectivity index (χ0) is 11.1. The number of nitrogens with zero attached hydrogens (tertiary/aromatic N) is 3. The zero-order valence-corrected chi connectivity index (χ0v) is 8.65. The summed E-state index contributed by atoms with van der Waals surface area (Å²) in [7, 11) is 0. The van der Waals surface area contributed by atoms with E-state index >= 15 is 0 Å². The molecular weight excluding hydrogens is 194 g/mol. The minimum absolute atomic E-state index is 0.000154. The molecule has 2 aromatic heterocycles. The van der Waals surface area contributed by atoms with E-state index in [9.17, 15) is 5.11 Å². The summed E-state index contributed by atoms with van der Waals surface area (Å²) in [5.41, 5.74) is 6.38. The Morgan fingerprint density at radius 3 is 2.80 bits per heavy atom. The van der Waals surface area contributed by atoms with Gasteiger partial charge in [0.1, 0.15) is 17.7 Å². The molecule has 0 aliphatic carbocycles. The molecule has 0 aliphatic rings. The first-order valence-corrected chi connectivity index (χ1v) is 4.62. The Balaban J connectivity index is 2.62. The minimum Gasteiger partial charge on any atom is -0.395 e. The average molecular weight is 207 g/mol. The smallest absolute Gasteiger partial charge is 0.183 e. The quantitative estimate of drug-likeness (QED) is 0.653. The lowest BCUT2D eigenvalue weighted by Gasteiger charge is -2.17. The second-order valence-corrected chi connectivity index (χ2v) is 4.08. The van der Waals surface area contributed by atoms with Crippen LogP contribution in [0, 0.1) is 0 Å². The number of nitrogens with two attached hydrogens (primary N) is 1. The number of nitrogens with one attached hydrogen (secondary N) is 1. The number of imidazole rings is 1. The van der Waals surface area contributed by atoms with E-state index in [-0.39, 0.29) is 6.61 Å². The Morgan fingerprint density at radius 2 is 2.20 bits per heavy atom. The van der Waals surface area contributed by atoms with Crippen LogP contribution in [0.4, 0.5) is 5.82 Å². The molecule has 0 unspecified atom stereocenters. The van der Waals surface area contributed by atoms with Gasteiger partial charge in [0, 0.05) is 5.41 Å². The fourth-order valence-electron chi connectivity index (χ4n) is 1.24. The second kappa shape index (κ2) is 3.16. The summed E-state index contributed by atoms with van der Waals surface area (Å²) in [5, 5.41) is 9.21. The first-order chi connectivity index (χ1) is 7.04. The van der Waals surface area contributed by atoms with Crippen LogP contribution in [0.25, 0.3) is 11.2 Å². The summed E-state index contributed by atoms with van der Waals surface area (Å²) in [6, 6.07) is 0. The molecule has 6 nitrogen and oxygen atoms in total. The van der Waals surface area contributed by atoms with Crippen molar-refractivity contribution in [1.82, 2.24) is 19.9 Å². The minimum atomic E-state index is -0.437. The van der Waals surface area contributed by atoms with Crippen LogP contribution in [-0.2, 0) is 5.41 Å². The van der Waals surface area contributed by atoms with Gasteiger partial charge in [-0.2, -0.15) is 0 Å². The first kappa shape index (κ1) is 9.85. The fraction of sp³-hybridized carbons (Fsp3) is 0.444. The normalized spacial score (nSPS) is 12.2. The Labute approximate surface area is 86.6 Å². The molecule has 2 aromatic rings. The van der Waals surface area contributed by atoms with Crippen molar-refractivity contribution in [3.8, 4) is 0 Å². The Hall–Kier alpha value is -1.69. The number of fused-ring (bicyclic) bond motifs is 1. The lowest BCUT2D eigenvalue weighted by Crippen LogP contribution is -2.23. The van der Waals surface area contributed by atoms with Gasteiger partial charge in [-0.3, -0.25) is 0 Å². The van der Waals surface area contributed by atoms with Gasteiger partial charge >= 0.3 is 0 Å². The van der Waals surface area contributed by atoms with Crippen LogP contribution < -0.4 is 5.73 Å². The van der Waals surface area contributed by atoms with Gasteiger partial charge in [0.15, 0.2) is 11.5 Å². The maximum absolute atomic E-state index is 9.21. The van der Waals surface area contributed by atoms with E-state index in [1.165, 1.54) is 6.33 Å². The van der Waals surface area contributed by atoms with Gasteiger partial charge in [-0.05, 0) is 0 Å². The number of hydrogen-bond donors (Lipinski definition) is 3. The first-order valence-electron chi connectivity index (χ1n) is 4.62. The molecule has 0 aromatic carbocycles. The van der Waals surface area contributed by atoms with Crippen LogP contribution in [0.15, 0.2) is 6.33 Å². The highest BCUT2D eigenvalue weighted by atomic mass is 16.3. The van der Waals surface area contributed by atoms with Crippen molar-refractivity contribution in [3.63, 3.8) is 0 Å². The summed E-state index contributed by atoms with van der Waals surface area (Å²) in [6.45, 7) is 3.77. The lowest BCUT2D eigenvalue weighted by atomic mass is 9.94. The predicted molar refractivity (Wildman–Crippen MR) is 56.2 cm³/mol.